The van der Waals surface area contributed by atoms with Crippen molar-refractivity contribution < 1.29 is 4.79 Å². The zero-order chi connectivity index (χ0) is 13.7. The number of hydrogen-bond acceptors (Lipinski definition) is 5. The summed E-state index contributed by atoms with van der Waals surface area (Å²) in [4.78, 5) is 24.4. The monoisotopic (exact) mass is 257 g/mol. The summed E-state index contributed by atoms with van der Waals surface area (Å²) in [5, 5.41) is 5.63. The largest absolute Gasteiger partial charge is 0.373 e. The highest BCUT2D eigenvalue weighted by molar-refractivity contribution is 6.04. The molecule has 0 radical (unpaired) electrons. The van der Waals surface area contributed by atoms with E-state index in [1.54, 1.807) is 25.4 Å². The summed E-state index contributed by atoms with van der Waals surface area (Å²) in [6.07, 6.45) is 5.34. The van der Waals surface area contributed by atoms with Gasteiger partial charge < -0.3 is 10.6 Å². The molecule has 2 rings (SSSR count). The molecule has 19 heavy (non-hydrogen) atoms. The van der Waals surface area contributed by atoms with E-state index in [2.05, 4.69) is 25.6 Å². The minimum atomic E-state index is -0.228. The van der Waals surface area contributed by atoms with Crippen molar-refractivity contribution in [2.24, 2.45) is 0 Å². The van der Waals surface area contributed by atoms with Crippen LogP contribution in [0.4, 0.5) is 11.6 Å². The van der Waals surface area contributed by atoms with E-state index in [1.165, 1.54) is 12.4 Å². The van der Waals surface area contributed by atoms with Crippen LogP contribution in [0.5, 0.6) is 0 Å². The second kappa shape index (κ2) is 5.90. The minimum absolute atomic E-state index is 0.228. The van der Waals surface area contributed by atoms with Crippen LogP contribution in [0.25, 0.3) is 0 Å². The summed E-state index contributed by atoms with van der Waals surface area (Å²) in [5.41, 5.74) is 1.40. The molecule has 98 valence electrons. The Kier molecular flexibility index (Phi) is 4.02. The third-order valence-electron chi connectivity index (χ3n) is 2.56. The predicted octanol–water partition coefficient (Wildman–Crippen LogP) is 1.73. The van der Waals surface area contributed by atoms with Gasteiger partial charge in [0.05, 0.1) is 6.20 Å². The second-order valence-corrected chi connectivity index (χ2v) is 3.88. The molecule has 0 aromatic carbocycles. The SMILES string of the molecule is CCc1cc(C(=O)Nc2cnccn2)cc(NC)n1. The third kappa shape index (κ3) is 3.25. The zero-order valence-electron chi connectivity index (χ0n) is 10.8. The quantitative estimate of drug-likeness (QED) is 0.872. The van der Waals surface area contributed by atoms with Gasteiger partial charge in [-0.25, -0.2) is 9.97 Å². The fourth-order valence-electron chi connectivity index (χ4n) is 1.58. The fraction of sp³-hybridized carbons (Fsp3) is 0.231. The van der Waals surface area contributed by atoms with Crippen LogP contribution in [0, 0.1) is 0 Å². The van der Waals surface area contributed by atoms with Gasteiger partial charge in [-0.1, -0.05) is 6.92 Å². The molecule has 2 heterocycles. The molecule has 0 aliphatic heterocycles. The van der Waals surface area contributed by atoms with Crippen molar-refractivity contribution in [3.63, 3.8) is 0 Å². The molecule has 0 aliphatic rings. The summed E-state index contributed by atoms with van der Waals surface area (Å²) >= 11 is 0. The van der Waals surface area contributed by atoms with Gasteiger partial charge in [-0.3, -0.25) is 9.78 Å². The lowest BCUT2D eigenvalue weighted by molar-refractivity contribution is 0.102. The molecule has 6 heteroatoms. The van der Waals surface area contributed by atoms with Crippen LogP contribution >= 0.6 is 0 Å². The Labute approximate surface area is 111 Å². The van der Waals surface area contributed by atoms with Gasteiger partial charge in [0.1, 0.15) is 5.82 Å². The van der Waals surface area contributed by atoms with E-state index in [1.807, 2.05) is 6.92 Å². The molecule has 0 saturated carbocycles. The van der Waals surface area contributed by atoms with E-state index in [9.17, 15) is 4.79 Å². The van der Waals surface area contributed by atoms with Crippen LogP contribution in [0.1, 0.15) is 23.0 Å². The number of rotatable bonds is 4. The average Bonchev–Trinajstić information content (AvgIpc) is 2.47. The summed E-state index contributed by atoms with van der Waals surface area (Å²) in [6.45, 7) is 1.99. The number of carbonyl (C=O) groups is 1. The number of nitrogens with one attached hydrogen (secondary N) is 2. The highest BCUT2D eigenvalue weighted by atomic mass is 16.1. The molecule has 2 aromatic rings. The zero-order valence-corrected chi connectivity index (χ0v) is 10.8. The Hall–Kier alpha value is -2.50. The molecule has 0 unspecified atom stereocenters. The topological polar surface area (TPSA) is 79.8 Å². The van der Waals surface area contributed by atoms with Gasteiger partial charge in [-0.15, -0.1) is 0 Å². The molecule has 0 atom stereocenters. The lowest BCUT2D eigenvalue weighted by atomic mass is 10.2. The maximum Gasteiger partial charge on any atom is 0.257 e. The minimum Gasteiger partial charge on any atom is -0.373 e. The van der Waals surface area contributed by atoms with Gasteiger partial charge in [-0.2, -0.15) is 0 Å². The summed E-state index contributed by atoms with van der Waals surface area (Å²) in [7, 11) is 1.77. The fourth-order valence-corrected chi connectivity index (χ4v) is 1.58. The third-order valence-corrected chi connectivity index (χ3v) is 2.56. The predicted molar refractivity (Wildman–Crippen MR) is 73.1 cm³/mol. The van der Waals surface area contributed by atoms with Crippen molar-refractivity contribution in [2.75, 3.05) is 17.7 Å². The second-order valence-electron chi connectivity index (χ2n) is 3.88. The number of nitrogens with zero attached hydrogens (tertiary/aromatic N) is 3. The molecule has 2 aromatic heterocycles. The molecule has 0 aliphatic carbocycles. The molecular formula is C13H15N5O. The van der Waals surface area contributed by atoms with Gasteiger partial charge in [0, 0.05) is 30.7 Å². The van der Waals surface area contributed by atoms with Crippen LogP contribution in [0.2, 0.25) is 0 Å². The van der Waals surface area contributed by atoms with Crippen LogP contribution in [-0.2, 0) is 6.42 Å². The molecule has 0 bridgehead atoms. The number of pyridine rings is 1. The Balaban J connectivity index is 2.23. The summed E-state index contributed by atoms with van der Waals surface area (Å²) < 4.78 is 0. The highest BCUT2D eigenvalue weighted by Gasteiger charge is 2.10. The lowest BCUT2D eigenvalue weighted by Gasteiger charge is -2.08. The van der Waals surface area contributed by atoms with Crippen molar-refractivity contribution in [3.8, 4) is 0 Å². The molecule has 0 fully saturated rings. The van der Waals surface area contributed by atoms with E-state index in [-0.39, 0.29) is 5.91 Å². The number of carbonyl (C=O) groups excluding carboxylic acids is 1. The number of hydrogen-bond donors (Lipinski definition) is 2. The Morgan fingerprint density at radius 2 is 2.11 bits per heavy atom. The van der Waals surface area contributed by atoms with Crippen molar-refractivity contribution in [2.45, 2.75) is 13.3 Å². The van der Waals surface area contributed by atoms with Crippen molar-refractivity contribution >= 4 is 17.5 Å². The first-order valence-electron chi connectivity index (χ1n) is 5.99. The number of amides is 1. The lowest BCUT2D eigenvalue weighted by Crippen LogP contribution is -2.14. The first-order valence-corrected chi connectivity index (χ1v) is 5.99. The Morgan fingerprint density at radius 1 is 1.26 bits per heavy atom. The van der Waals surface area contributed by atoms with Gasteiger partial charge in [0.2, 0.25) is 0 Å². The van der Waals surface area contributed by atoms with Gasteiger partial charge >= 0.3 is 0 Å². The molecule has 0 spiro atoms. The van der Waals surface area contributed by atoms with Crippen LogP contribution in [0.3, 0.4) is 0 Å². The standard InChI is InChI=1S/C13H15N5O/c1-3-10-6-9(7-11(14-2)17-10)13(19)18-12-8-15-4-5-16-12/h4-8H,3H2,1-2H3,(H,14,17)(H,16,18,19). The smallest absolute Gasteiger partial charge is 0.257 e. The van der Waals surface area contributed by atoms with Gasteiger partial charge in [-0.05, 0) is 18.6 Å². The molecule has 6 nitrogen and oxygen atoms in total. The first kappa shape index (κ1) is 12.9. The van der Waals surface area contributed by atoms with Crippen LogP contribution in [0.15, 0.2) is 30.7 Å². The van der Waals surface area contributed by atoms with Crippen LogP contribution in [-0.4, -0.2) is 27.9 Å². The van der Waals surface area contributed by atoms with Gasteiger partial charge in [0.25, 0.3) is 5.91 Å². The Bertz CT molecular complexity index is 548. The van der Waals surface area contributed by atoms with Crippen molar-refractivity contribution in [1.82, 2.24) is 15.0 Å². The maximum atomic E-state index is 12.1. The number of aromatic nitrogens is 3. The van der Waals surface area contributed by atoms with E-state index >= 15 is 0 Å². The normalized spacial score (nSPS) is 10.0. The first-order chi connectivity index (χ1) is 9.22. The highest BCUT2D eigenvalue weighted by Crippen LogP contribution is 2.12. The van der Waals surface area contributed by atoms with Crippen molar-refractivity contribution in [3.05, 3.63) is 42.0 Å². The molecular weight excluding hydrogens is 242 g/mol. The number of anilines is 2. The maximum absolute atomic E-state index is 12.1. The summed E-state index contributed by atoms with van der Waals surface area (Å²) in [5.74, 6) is 0.867. The molecule has 2 N–H and O–H groups in total. The molecule has 1 amide bonds. The van der Waals surface area contributed by atoms with E-state index in [0.717, 1.165) is 12.1 Å². The van der Waals surface area contributed by atoms with E-state index < -0.39 is 0 Å². The van der Waals surface area contributed by atoms with E-state index in [4.69, 9.17) is 0 Å². The van der Waals surface area contributed by atoms with E-state index in [0.29, 0.717) is 17.2 Å². The Morgan fingerprint density at radius 3 is 2.74 bits per heavy atom. The van der Waals surface area contributed by atoms with Gasteiger partial charge in [0.15, 0.2) is 5.82 Å². The van der Waals surface area contributed by atoms with Crippen molar-refractivity contribution in [1.29, 1.82) is 0 Å². The average molecular weight is 257 g/mol. The number of aryl methyl sites for hydroxylation is 1. The molecule has 0 saturated heterocycles. The summed E-state index contributed by atoms with van der Waals surface area (Å²) in [6, 6.07) is 3.47. The van der Waals surface area contributed by atoms with Crippen LogP contribution < -0.4 is 10.6 Å².